The van der Waals surface area contributed by atoms with Gasteiger partial charge in [0.2, 0.25) is 23.0 Å². The molecule has 2 fully saturated rings. The monoisotopic (exact) mass is 533 g/mol. The predicted molar refractivity (Wildman–Crippen MR) is 134 cm³/mol. The first-order valence-electron chi connectivity index (χ1n) is 12.2. The highest BCUT2D eigenvalue weighted by Crippen LogP contribution is 2.53. The van der Waals surface area contributed by atoms with E-state index in [1.807, 2.05) is 13.8 Å². The molecule has 0 saturated carbocycles. The highest BCUT2D eigenvalue weighted by molar-refractivity contribution is 8.03. The summed E-state index contributed by atoms with van der Waals surface area (Å²) in [5, 5.41) is 15.8. The van der Waals surface area contributed by atoms with Crippen LogP contribution in [-0.4, -0.2) is 64.6 Å². The van der Waals surface area contributed by atoms with Crippen molar-refractivity contribution in [3.05, 3.63) is 38.9 Å². The Morgan fingerprint density at radius 3 is 2.70 bits per heavy atom. The van der Waals surface area contributed by atoms with Gasteiger partial charge in [0.1, 0.15) is 23.5 Å². The minimum Gasteiger partial charge on any atom is -0.490 e. The molecule has 0 radical (unpaired) electrons. The van der Waals surface area contributed by atoms with Crippen LogP contribution in [0.4, 0.5) is 0 Å². The molecule has 2 saturated heterocycles. The van der Waals surface area contributed by atoms with Gasteiger partial charge in [-0.1, -0.05) is 13.8 Å². The maximum atomic E-state index is 12.9. The van der Waals surface area contributed by atoms with Gasteiger partial charge in [-0.05, 0) is 19.3 Å². The first-order chi connectivity index (χ1) is 17.5. The van der Waals surface area contributed by atoms with Crippen LogP contribution in [0, 0.1) is 17.8 Å². The number of fused-ring (bicyclic) bond motifs is 1. The van der Waals surface area contributed by atoms with Crippen molar-refractivity contribution in [1.82, 2.24) is 15.5 Å². The smallest absolute Gasteiger partial charge is 0.353 e. The molecule has 3 aliphatic heterocycles. The SMILES string of the molecule is COc1coc(CNC(=O)[C@@H]2C[C@H](SC3=C(C(=O)O)N4C(=O)[C@H]([C@@H](C)CC(C)=O)[C@H]4[C@H]3C)CN2)cc1=O. The second kappa shape index (κ2) is 10.7. The van der Waals surface area contributed by atoms with Gasteiger partial charge < -0.3 is 34.6 Å². The third kappa shape index (κ3) is 5.17. The minimum absolute atomic E-state index is 0.000828. The molecule has 6 atom stereocenters. The molecule has 0 unspecified atom stereocenters. The Labute approximate surface area is 218 Å². The number of carboxylic acids is 1. The lowest BCUT2D eigenvalue weighted by Crippen LogP contribution is -2.62. The van der Waals surface area contributed by atoms with Crippen LogP contribution in [0.3, 0.4) is 0 Å². The molecule has 2 amide bonds. The number of carbonyl (C=O) groups excluding carboxylic acids is 3. The summed E-state index contributed by atoms with van der Waals surface area (Å²) < 4.78 is 10.2. The van der Waals surface area contributed by atoms with E-state index in [0.29, 0.717) is 23.6 Å². The molecule has 3 N–H and O–H groups in total. The summed E-state index contributed by atoms with van der Waals surface area (Å²) in [6, 6.07) is 0.495. The van der Waals surface area contributed by atoms with Gasteiger partial charge in [0.25, 0.3) is 0 Å². The lowest BCUT2D eigenvalue weighted by molar-refractivity contribution is -0.160. The van der Waals surface area contributed by atoms with Gasteiger partial charge in [-0.15, -0.1) is 11.8 Å². The van der Waals surface area contributed by atoms with Crippen LogP contribution in [0.1, 0.15) is 39.4 Å². The van der Waals surface area contributed by atoms with Crippen LogP contribution in [0.15, 0.2) is 32.1 Å². The Bertz CT molecular complexity index is 1210. The number of β-lactam (4-membered cyclic amide) rings is 1. The number of methoxy groups -OCH3 is 1. The molecule has 11 nitrogen and oxygen atoms in total. The second-order valence-electron chi connectivity index (χ2n) is 9.85. The van der Waals surface area contributed by atoms with Crippen molar-refractivity contribution in [2.45, 2.75) is 57.5 Å². The van der Waals surface area contributed by atoms with E-state index in [2.05, 4.69) is 10.6 Å². The van der Waals surface area contributed by atoms with E-state index < -0.39 is 12.0 Å². The number of carbonyl (C=O) groups is 4. The van der Waals surface area contributed by atoms with Gasteiger partial charge in [-0.3, -0.25) is 14.4 Å². The van der Waals surface area contributed by atoms with E-state index in [1.165, 1.54) is 43.0 Å². The molecule has 1 aromatic heterocycles. The van der Waals surface area contributed by atoms with Gasteiger partial charge in [-0.2, -0.15) is 0 Å². The molecular formula is C25H31N3O8S. The van der Waals surface area contributed by atoms with Gasteiger partial charge in [0.05, 0.1) is 31.7 Å². The molecular weight excluding hydrogens is 502 g/mol. The molecule has 37 heavy (non-hydrogen) atoms. The number of thioether (sulfide) groups is 1. The average Bonchev–Trinajstić information content (AvgIpc) is 3.39. The summed E-state index contributed by atoms with van der Waals surface area (Å²) in [6.45, 7) is 5.81. The zero-order valence-electron chi connectivity index (χ0n) is 21.1. The fourth-order valence-corrected chi connectivity index (χ4v) is 6.98. The van der Waals surface area contributed by atoms with Gasteiger partial charge in [0.15, 0.2) is 0 Å². The Hall–Kier alpha value is -3.12. The maximum absolute atomic E-state index is 12.9. The standard InChI is InChI=1S/C25H31N3O8S/c1-11(5-12(2)29)19-20-13(3)22(21(25(33)34)28(20)24(19)32)37-15-7-16(26-9-15)23(31)27-8-14-6-17(30)18(35-4)10-36-14/h6,10-11,13,15-16,19-20,26H,5,7-9H2,1-4H3,(H,27,31)(H,33,34)/t11-,13+,15-,16-,19+,20+/m0/s1. The Morgan fingerprint density at radius 2 is 2.08 bits per heavy atom. The van der Waals surface area contributed by atoms with Crippen LogP contribution >= 0.6 is 11.8 Å². The maximum Gasteiger partial charge on any atom is 0.353 e. The van der Waals surface area contributed by atoms with Gasteiger partial charge >= 0.3 is 5.97 Å². The van der Waals surface area contributed by atoms with Crippen molar-refractivity contribution >= 4 is 35.3 Å². The van der Waals surface area contributed by atoms with Crippen molar-refractivity contribution in [2.75, 3.05) is 13.7 Å². The van der Waals surface area contributed by atoms with E-state index in [0.717, 1.165) is 0 Å². The van der Waals surface area contributed by atoms with E-state index in [4.69, 9.17) is 9.15 Å². The summed E-state index contributed by atoms with van der Waals surface area (Å²) in [6.07, 6.45) is 1.94. The van der Waals surface area contributed by atoms with Crippen LogP contribution in [0.25, 0.3) is 0 Å². The summed E-state index contributed by atoms with van der Waals surface area (Å²) in [4.78, 5) is 63.2. The number of aliphatic carboxylic acids is 1. The number of ketones is 1. The quantitative estimate of drug-likeness (QED) is 0.373. The van der Waals surface area contributed by atoms with Gasteiger partial charge in [0, 0.05) is 35.1 Å². The summed E-state index contributed by atoms with van der Waals surface area (Å²) in [7, 11) is 1.36. The van der Waals surface area contributed by atoms with Crippen LogP contribution < -0.4 is 20.8 Å². The molecule has 0 aliphatic carbocycles. The highest BCUT2D eigenvalue weighted by atomic mass is 32.2. The van der Waals surface area contributed by atoms with Crippen LogP contribution in [-0.2, 0) is 25.7 Å². The number of ether oxygens (including phenoxy) is 1. The third-order valence-corrected chi connectivity index (χ3v) is 8.74. The van der Waals surface area contributed by atoms with E-state index in [1.54, 1.807) is 0 Å². The van der Waals surface area contributed by atoms with E-state index in [9.17, 15) is 29.1 Å². The minimum atomic E-state index is -1.15. The molecule has 0 spiro atoms. The lowest BCUT2D eigenvalue weighted by atomic mass is 9.73. The third-order valence-electron chi connectivity index (χ3n) is 7.22. The number of hydrogen-bond donors (Lipinski definition) is 3. The van der Waals surface area contributed by atoms with Crippen molar-refractivity contribution in [3.63, 3.8) is 0 Å². The number of rotatable bonds is 10. The Balaban J connectivity index is 1.38. The number of hydrogen-bond acceptors (Lipinski definition) is 9. The van der Waals surface area contributed by atoms with Crippen molar-refractivity contribution in [2.24, 2.45) is 17.8 Å². The topological polar surface area (TPSA) is 155 Å². The number of amides is 2. The summed E-state index contributed by atoms with van der Waals surface area (Å²) in [5.74, 6) is -2.01. The lowest BCUT2D eigenvalue weighted by Gasteiger charge is -2.47. The molecule has 0 bridgehead atoms. The molecule has 0 aromatic carbocycles. The number of nitrogens with zero attached hydrogens (tertiary/aromatic N) is 1. The second-order valence-corrected chi connectivity index (χ2v) is 11.2. The van der Waals surface area contributed by atoms with Crippen molar-refractivity contribution in [1.29, 1.82) is 0 Å². The van der Waals surface area contributed by atoms with E-state index >= 15 is 0 Å². The highest BCUT2D eigenvalue weighted by Gasteiger charge is 2.60. The zero-order chi connectivity index (χ0) is 27.0. The van der Waals surface area contributed by atoms with E-state index in [-0.39, 0.29) is 76.5 Å². The molecule has 4 heterocycles. The fourth-order valence-electron chi connectivity index (χ4n) is 5.50. The molecule has 200 valence electrons. The predicted octanol–water partition coefficient (Wildman–Crippen LogP) is 1.12. The summed E-state index contributed by atoms with van der Waals surface area (Å²) >= 11 is 1.40. The molecule has 3 aliphatic rings. The molecule has 4 rings (SSSR count). The number of nitrogens with one attached hydrogen (secondary N) is 2. The summed E-state index contributed by atoms with van der Waals surface area (Å²) in [5.41, 5.74) is -0.330. The van der Waals surface area contributed by atoms with Crippen molar-refractivity contribution < 1.29 is 33.4 Å². The van der Waals surface area contributed by atoms with Crippen LogP contribution in [0.5, 0.6) is 5.75 Å². The molecule has 12 heteroatoms. The fraction of sp³-hybridized carbons (Fsp3) is 0.560. The number of carboxylic acid groups (broad SMARTS) is 1. The normalized spacial score (nSPS) is 27.5. The van der Waals surface area contributed by atoms with Crippen molar-refractivity contribution in [3.8, 4) is 5.75 Å². The largest absolute Gasteiger partial charge is 0.490 e. The molecule has 1 aromatic rings. The Morgan fingerprint density at radius 1 is 1.35 bits per heavy atom. The first kappa shape index (κ1) is 26.9. The van der Waals surface area contributed by atoms with Gasteiger partial charge in [-0.25, -0.2) is 4.79 Å². The Kier molecular flexibility index (Phi) is 7.79. The number of Topliss-reactive ketones (excluding diaryl/α,β-unsaturated/α-hetero) is 1. The zero-order valence-corrected chi connectivity index (χ0v) is 21.9. The van der Waals surface area contributed by atoms with Crippen LogP contribution in [0.2, 0.25) is 0 Å². The average molecular weight is 534 g/mol. The first-order valence-corrected chi connectivity index (χ1v) is 13.0.